The summed E-state index contributed by atoms with van der Waals surface area (Å²) in [5, 5.41) is 30.2. The molecule has 0 aliphatic rings. The van der Waals surface area contributed by atoms with Gasteiger partial charge < -0.3 is 92.1 Å². The molecule has 0 atom stereocenters. The molecule has 0 spiro atoms. The third-order valence-corrected chi connectivity index (χ3v) is 23.5. The Bertz CT molecular complexity index is 7250. The highest BCUT2D eigenvalue weighted by atomic mass is 35.5. The summed E-state index contributed by atoms with van der Waals surface area (Å²) in [5.74, 6) is -6.55. The van der Waals surface area contributed by atoms with Gasteiger partial charge in [-0.3, -0.25) is 24.0 Å². The van der Waals surface area contributed by atoms with E-state index in [4.69, 9.17) is 54.9 Å². The molecule has 0 aliphatic heterocycles. The van der Waals surface area contributed by atoms with Crippen LogP contribution in [0.2, 0.25) is 0 Å². The maximum Gasteiger partial charge on any atom is 0.377 e. The summed E-state index contributed by atoms with van der Waals surface area (Å²) in [5.41, 5.74) is 9.09. The van der Waals surface area contributed by atoms with Gasteiger partial charge in [-0.25, -0.2) is 57.5 Å². The number of ether oxygens (including phenoxy) is 7. The highest BCUT2D eigenvalue weighted by Gasteiger charge is 2.25. The van der Waals surface area contributed by atoms with Crippen molar-refractivity contribution in [3.05, 3.63) is 348 Å². The lowest BCUT2D eigenvalue weighted by Crippen LogP contribution is -2.12. The van der Waals surface area contributed by atoms with Gasteiger partial charge in [-0.1, -0.05) is 72.8 Å². The van der Waals surface area contributed by atoms with Crippen LogP contribution in [0.4, 0.5) is 4.39 Å². The van der Waals surface area contributed by atoms with E-state index in [-0.39, 0.29) is 56.1 Å². The Balaban J connectivity index is 0.000000175. The van der Waals surface area contributed by atoms with Crippen molar-refractivity contribution in [2.24, 2.45) is 21.1 Å². The second-order valence-corrected chi connectivity index (χ2v) is 32.5. The molecule has 37 nitrogen and oxygen atoms in total. The number of carbonyl (C=O) groups is 14. The molecule has 19 aromatic rings. The summed E-state index contributed by atoms with van der Waals surface area (Å²) >= 11 is 19.1. The molecule has 0 radical (unpaired) electrons. The van der Waals surface area contributed by atoms with Crippen molar-refractivity contribution in [2.45, 2.75) is 0 Å². The zero-order chi connectivity index (χ0) is 103. The Hall–Kier alpha value is -16.9. The lowest BCUT2D eigenvalue weighted by Gasteiger charge is -2.05. The smallest absolute Gasteiger partial charge is 0.377 e. The molecule has 0 amide bonds. The second kappa shape index (κ2) is 52.4. The molecule has 19 rings (SSSR count). The number of phenols is 1. The zero-order valence-electron chi connectivity index (χ0n) is 75.4. The number of esters is 7. The molecule has 0 saturated carbocycles. The van der Waals surface area contributed by atoms with Crippen molar-refractivity contribution in [2.75, 3.05) is 49.8 Å². The van der Waals surface area contributed by atoms with E-state index in [1.165, 1.54) is 136 Å². The molecule has 9 N–H and O–H groups in total. The minimum Gasteiger partial charge on any atom is -0.508 e. The Morgan fingerprint density at radius 3 is 1.08 bits per heavy atom. The van der Waals surface area contributed by atoms with E-state index in [1.54, 1.807) is 79.7 Å². The van der Waals surface area contributed by atoms with E-state index in [1.807, 2.05) is 110 Å². The second-order valence-electron chi connectivity index (χ2n) is 27.8. The number of carbonyl (C=O) groups excluding carboxylic acids is 12. The summed E-state index contributed by atoms with van der Waals surface area (Å²) in [7, 11) is 13.6. The first-order valence-corrected chi connectivity index (χ1v) is 44.6. The number of carboxylic acids is 2. The van der Waals surface area contributed by atoms with Crippen LogP contribution in [-0.2, 0) is 54.3 Å². The summed E-state index contributed by atoms with van der Waals surface area (Å²) in [6, 6.07) is 64.7. The molecule has 726 valence electrons. The number of aromatic nitrogens is 13. The number of thiophene rings is 2. The third kappa shape index (κ3) is 29.3. The predicted molar refractivity (Wildman–Crippen MR) is 527 cm³/mol. The fourth-order valence-corrected chi connectivity index (χ4v) is 15.4. The number of nitrogens with zero attached hydrogens (tertiary/aromatic N) is 7. The van der Waals surface area contributed by atoms with Crippen molar-refractivity contribution in [3.63, 3.8) is 0 Å². The Labute approximate surface area is 828 Å². The van der Waals surface area contributed by atoms with E-state index in [9.17, 15) is 71.5 Å². The van der Waals surface area contributed by atoms with E-state index in [0.717, 1.165) is 77.8 Å². The van der Waals surface area contributed by atoms with Crippen molar-refractivity contribution in [1.82, 2.24) is 62.3 Å². The number of para-hydroxylation sites is 4. The number of phenolic OH excluding ortho intramolecular Hbond substituents is 1. The predicted octanol–water partition coefficient (Wildman–Crippen LogP) is 18.6. The Morgan fingerprint density at radius 2 is 0.681 bits per heavy atom. The first kappa shape index (κ1) is 108. The number of ketones is 2. The number of hydrogen-bond donors (Lipinski definition) is 9. The molecule has 0 saturated heterocycles. The number of benzene rings is 6. The van der Waals surface area contributed by atoms with Gasteiger partial charge in [0.2, 0.25) is 16.6 Å². The number of methoxy groups -OCH3 is 7. The van der Waals surface area contributed by atoms with Gasteiger partial charge in [0, 0.05) is 124 Å². The monoisotopic (exact) mass is 2050 g/mol. The molecule has 0 unspecified atom stereocenters. The van der Waals surface area contributed by atoms with E-state index < -0.39 is 69.5 Å². The standard InChI is InChI=1S/C16H14N2O3.C15H11NO3S.C8H8ClNO3.C8H6FN.C8H9NO4.C8H7NO.2C8H7N.C7H5ClO3S.C5H3ClN2O3S.C5H4N2O4S/c1-18-13(7-8-14(18)16(20)21-2)15(19)11-9-17-12-6-4-3-5-10(11)12;1-19-15(18)13-7-6-12(20-13)14(17)10-8-16-11-5-3-2-4-9(10)11;1-10-5(7(9)11)3-4-6(10)8(12)13-2;9-7-1-2-8-6(5-7)3-4-10-8;1-9-5(7(10)11)3-4-6(9)8(12)13-2;10-7-1-2-8-6(5-7)3-4-9-8;2*1-2-4-8-7(3-1)5-6-9-8;1-11-7(10)5-3-2-4(12-5)6(8)9;1-11-5(10)3-7-4(2(6)9)12-8-3;1-11-5(10)2-6-3(4(8)9)12-7-2/h3-9,17H,1-2H3;2-8,16H,1H3;3-4H,1-2H3;1-5,10H;3-4H,1-2H3,(H,10,11);1-5,9-10H;2*1-6,9H;2-3H,1H3;1H3;1H3,(H,8,9). The number of fused-ring (bicyclic) bond motifs is 6. The summed E-state index contributed by atoms with van der Waals surface area (Å²) in [4.78, 5) is 182. The lowest BCUT2D eigenvalue weighted by molar-refractivity contribution is 0.0578. The van der Waals surface area contributed by atoms with Crippen LogP contribution in [0.3, 0.4) is 0 Å². The number of rotatable bonds is 16. The van der Waals surface area contributed by atoms with Crippen LogP contribution in [0.15, 0.2) is 256 Å². The van der Waals surface area contributed by atoms with E-state index in [0.29, 0.717) is 65.0 Å². The molecule has 0 aliphatic carbocycles. The molecule has 13 aromatic heterocycles. The number of hydrogen-bond acceptors (Lipinski definition) is 30. The van der Waals surface area contributed by atoms with Gasteiger partial charge >= 0.3 is 53.7 Å². The number of carboxylic acid groups (broad SMARTS) is 2. The molecule has 45 heteroatoms. The van der Waals surface area contributed by atoms with Gasteiger partial charge in [0.1, 0.15) is 49.8 Å². The summed E-state index contributed by atoms with van der Waals surface area (Å²) in [6.07, 6.45) is 10.9. The average molecular weight is 2050 g/mol. The topological polar surface area (TPSA) is 525 Å². The number of halogens is 4. The van der Waals surface area contributed by atoms with Crippen LogP contribution in [0, 0.1) is 5.82 Å². The minimum atomic E-state index is -1.21. The van der Waals surface area contributed by atoms with Crippen LogP contribution in [-0.4, -0.2) is 208 Å². The Kier molecular flexibility index (Phi) is 40.1. The van der Waals surface area contributed by atoms with Crippen molar-refractivity contribution < 1.29 is 120 Å². The van der Waals surface area contributed by atoms with Crippen molar-refractivity contribution in [1.29, 1.82) is 0 Å². The van der Waals surface area contributed by atoms with Gasteiger partial charge in [-0.05, 0) is 214 Å². The maximum absolute atomic E-state index is 12.7. The summed E-state index contributed by atoms with van der Waals surface area (Å²) < 4.78 is 55.1. The molecule has 141 heavy (non-hydrogen) atoms. The zero-order valence-corrected chi connectivity index (χ0v) is 81.0. The number of aromatic amines is 6. The Morgan fingerprint density at radius 1 is 0.326 bits per heavy atom. The highest BCUT2D eigenvalue weighted by molar-refractivity contribution is 7.17. The van der Waals surface area contributed by atoms with Gasteiger partial charge in [0.25, 0.3) is 27.4 Å². The molecule has 13 heterocycles. The fourth-order valence-electron chi connectivity index (χ4n) is 12.2. The van der Waals surface area contributed by atoms with Gasteiger partial charge in [-0.15, -0.1) is 22.7 Å². The largest absolute Gasteiger partial charge is 0.508 e. The molecule has 6 aromatic carbocycles. The van der Waals surface area contributed by atoms with Crippen LogP contribution in [0.1, 0.15) is 154 Å². The van der Waals surface area contributed by atoms with Crippen molar-refractivity contribution in [3.8, 4) is 5.75 Å². The SMILES string of the molecule is COC(=O)c1ccc(C(=O)Cl)n1C.COC(=O)c1ccc(C(=O)Cl)s1.COC(=O)c1ccc(C(=O)O)n1C.COC(=O)c1ccc(C(=O)c2c[nH]c3ccccc23)n1C.COC(=O)c1ccc(C(=O)c2c[nH]c3ccccc23)s1.COC(=O)c1nsc(C(=O)Cl)n1.COC(=O)c1nsc(C(=O)O)n1.Fc1ccc2[nH]ccc2c1.Oc1ccc2[nH]ccc2c1.c1ccc2[nH]ccc2c1.c1ccc2[nH]ccc2c1. The van der Waals surface area contributed by atoms with Crippen LogP contribution < -0.4 is 0 Å². The summed E-state index contributed by atoms with van der Waals surface area (Å²) in [6.45, 7) is 0. The first-order chi connectivity index (χ1) is 67.6. The third-order valence-electron chi connectivity index (χ3n) is 19.2. The van der Waals surface area contributed by atoms with Crippen LogP contribution in [0.5, 0.6) is 5.75 Å². The lowest BCUT2D eigenvalue weighted by atomic mass is 10.1. The first-order valence-electron chi connectivity index (χ1n) is 40.3. The quantitative estimate of drug-likeness (QED) is 0.0188. The number of nitrogens with one attached hydrogen (secondary N) is 6. The number of aromatic carboxylic acids is 2. The molecular formula is C96H81Cl3FN13O24S4. The van der Waals surface area contributed by atoms with Crippen LogP contribution in [0.25, 0.3) is 65.4 Å². The number of aromatic hydroxyl groups is 1. The minimum absolute atomic E-state index is 0.0166. The highest BCUT2D eigenvalue weighted by Crippen LogP contribution is 2.28. The van der Waals surface area contributed by atoms with Crippen LogP contribution >= 0.6 is 80.5 Å². The molecule has 0 bridgehead atoms. The molecule has 0 fully saturated rings. The normalized spacial score (nSPS) is 10.1. The van der Waals surface area contributed by atoms with Gasteiger partial charge in [0.15, 0.2) is 5.01 Å². The average Bonchev–Trinajstić information content (AvgIpc) is 1.60. The van der Waals surface area contributed by atoms with Gasteiger partial charge in [-0.2, -0.15) is 8.75 Å². The molecular weight excluding hydrogens is 1970 g/mol. The fraction of sp³-hybridized carbons (Fsp3) is 0.104. The van der Waals surface area contributed by atoms with E-state index >= 15 is 0 Å². The maximum atomic E-state index is 12.7. The van der Waals surface area contributed by atoms with Gasteiger partial charge in [0.05, 0.1) is 65.2 Å². The van der Waals surface area contributed by atoms with Crippen molar-refractivity contribution >= 4 is 227 Å². The van der Waals surface area contributed by atoms with E-state index in [2.05, 4.69) is 113 Å². The number of H-pyrrole nitrogens is 6.